The molecule has 188 valence electrons. The molecule has 2 aromatic heterocycles. The van der Waals surface area contributed by atoms with E-state index >= 15 is 0 Å². The number of carbonyl (C=O) groups excluding carboxylic acids is 1. The number of fused-ring (bicyclic) bond motifs is 1. The van der Waals surface area contributed by atoms with Crippen molar-refractivity contribution in [3.05, 3.63) is 75.8 Å². The van der Waals surface area contributed by atoms with Crippen LogP contribution in [0.1, 0.15) is 40.7 Å². The van der Waals surface area contributed by atoms with Crippen molar-refractivity contribution in [3.8, 4) is 5.69 Å². The highest BCUT2D eigenvalue weighted by Gasteiger charge is 2.31. The molecule has 1 amide bonds. The van der Waals surface area contributed by atoms with Gasteiger partial charge >= 0.3 is 0 Å². The van der Waals surface area contributed by atoms with Crippen LogP contribution >= 0.6 is 22.9 Å². The lowest BCUT2D eigenvalue weighted by Crippen LogP contribution is -2.50. The minimum atomic E-state index is -3.60. The van der Waals surface area contributed by atoms with Crippen LogP contribution in [0.3, 0.4) is 0 Å². The van der Waals surface area contributed by atoms with Crippen LogP contribution in [0.25, 0.3) is 15.9 Å². The minimum absolute atomic E-state index is 0.0865. The SMILES string of the molecule is Cc1nn(-c2ccc(Cl)cc2)c2sc(C(=O)N3CCN(S(=O)(=O)c4ccc(C(C)C)cc4)CC3)cc12. The van der Waals surface area contributed by atoms with Gasteiger partial charge in [0.05, 0.1) is 21.2 Å². The molecule has 5 rings (SSSR count). The van der Waals surface area contributed by atoms with E-state index in [1.54, 1.807) is 17.0 Å². The number of aryl methyl sites for hydroxylation is 1. The van der Waals surface area contributed by atoms with Gasteiger partial charge in [0.2, 0.25) is 10.0 Å². The summed E-state index contributed by atoms with van der Waals surface area (Å²) in [5.74, 6) is 0.250. The maximum absolute atomic E-state index is 13.3. The molecular formula is C26H27ClN4O3S2. The Morgan fingerprint density at radius 3 is 2.25 bits per heavy atom. The van der Waals surface area contributed by atoms with Gasteiger partial charge in [0.1, 0.15) is 4.83 Å². The molecule has 0 aliphatic carbocycles. The highest BCUT2D eigenvalue weighted by atomic mass is 35.5. The average Bonchev–Trinajstić information content (AvgIpc) is 3.45. The number of halogens is 1. The summed E-state index contributed by atoms with van der Waals surface area (Å²) in [6.07, 6.45) is 0. The van der Waals surface area contributed by atoms with E-state index in [9.17, 15) is 13.2 Å². The summed E-state index contributed by atoms with van der Waals surface area (Å²) >= 11 is 7.42. The van der Waals surface area contributed by atoms with Crippen LogP contribution in [-0.4, -0.2) is 59.5 Å². The zero-order valence-corrected chi connectivity index (χ0v) is 22.7. The molecule has 1 aliphatic heterocycles. The first kappa shape index (κ1) is 25.0. The monoisotopic (exact) mass is 542 g/mol. The molecule has 0 unspecified atom stereocenters. The number of hydrogen-bond acceptors (Lipinski definition) is 5. The molecular weight excluding hydrogens is 516 g/mol. The molecule has 0 saturated carbocycles. The number of nitrogens with zero attached hydrogens (tertiary/aromatic N) is 4. The van der Waals surface area contributed by atoms with E-state index in [0.29, 0.717) is 33.8 Å². The number of aromatic nitrogens is 2. The molecule has 1 fully saturated rings. The molecule has 36 heavy (non-hydrogen) atoms. The second kappa shape index (κ2) is 9.63. The van der Waals surface area contributed by atoms with Crippen LogP contribution in [0.15, 0.2) is 59.5 Å². The van der Waals surface area contributed by atoms with E-state index in [0.717, 1.165) is 27.2 Å². The number of amides is 1. The fourth-order valence-corrected chi connectivity index (χ4v) is 7.07. The van der Waals surface area contributed by atoms with Gasteiger partial charge in [-0.05, 0) is 60.9 Å². The number of hydrogen-bond donors (Lipinski definition) is 0. The Bertz CT molecular complexity index is 1520. The molecule has 0 spiro atoms. The number of benzene rings is 2. The Morgan fingerprint density at radius 2 is 1.64 bits per heavy atom. The van der Waals surface area contributed by atoms with Gasteiger partial charge in [-0.25, -0.2) is 13.1 Å². The third kappa shape index (κ3) is 4.56. The highest BCUT2D eigenvalue weighted by Crippen LogP contribution is 2.32. The molecule has 0 atom stereocenters. The first-order valence-corrected chi connectivity index (χ1v) is 14.4. The first-order valence-electron chi connectivity index (χ1n) is 11.8. The quantitative estimate of drug-likeness (QED) is 0.342. The van der Waals surface area contributed by atoms with Crippen molar-refractivity contribution in [1.29, 1.82) is 0 Å². The summed E-state index contributed by atoms with van der Waals surface area (Å²) in [5, 5.41) is 6.21. The second-order valence-corrected chi connectivity index (χ2v) is 12.6. The maximum Gasteiger partial charge on any atom is 0.264 e. The Hall–Kier alpha value is -2.72. The van der Waals surface area contributed by atoms with Crippen molar-refractivity contribution in [2.45, 2.75) is 31.6 Å². The third-order valence-electron chi connectivity index (χ3n) is 6.54. The van der Waals surface area contributed by atoms with Crippen molar-refractivity contribution in [2.24, 2.45) is 0 Å². The van der Waals surface area contributed by atoms with Crippen molar-refractivity contribution < 1.29 is 13.2 Å². The standard InChI is InChI=1S/C26H27ClN4O3S2/c1-17(2)19-4-10-22(11-5-19)36(33,34)30-14-12-29(13-15-30)25(32)24-16-23-18(3)28-31(26(23)35-24)21-8-6-20(27)7-9-21/h4-11,16-17H,12-15H2,1-3H3. The van der Waals surface area contributed by atoms with Gasteiger partial charge in [0, 0.05) is 36.6 Å². The third-order valence-corrected chi connectivity index (χ3v) is 9.80. The summed E-state index contributed by atoms with van der Waals surface area (Å²) in [7, 11) is -3.60. The molecule has 0 N–H and O–H groups in total. The molecule has 1 aliphatic rings. The second-order valence-electron chi connectivity index (χ2n) is 9.22. The lowest BCUT2D eigenvalue weighted by molar-refractivity contribution is 0.0703. The first-order chi connectivity index (χ1) is 17.1. The van der Waals surface area contributed by atoms with Crippen LogP contribution in [0, 0.1) is 6.92 Å². The van der Waals surface area contributed by atoms with Gasteiger partial charge < -0.3 is 4.90 Å². The molecule has 1 saturated heterocycles. The summed E-state index contributed by atoms with van der Waals surface area (Å²) in [6, 6.07) is 16.4. The normalized spacial score (nSPS) is 15.2. The van der Waals surface area contributed by atoms with Crippen molar-refractivity contribution in [3.63, 3.8) is 0 Å². The number of carbonyl (C=O) groups is 1. The van der Waals surface area contributed by atoms with Crippen molar-refractivity contribution in [1.82, 2.24) is 19.0 Å². The van der Waals surface area contributed by atoms with Gasteiger partial charge in [-0.1, -0.05) is 37.6 Å². The van der Waals surface area contributed by atoms with Gasteiger partial charge in [-0.15, -0.1) is 11.3 Å². The zero-order valence-electron chi connectivity index (χ0n) is 20.3. The molecule has 10 heteroatoms. The van der Waals surface area contributed by atoms with Gasteiger partial charge in [0.25, 0.3) is 5.91 Å². The van der Waals surface area contributed by atoms with Crippen LogP contribution in [0.2, 0.25) is 5.02 Å². The summed E-state index contributed by atoms with van der Waals surface area (Å²) in [4.78, 5) is 16.9. The highest BCUT2D eigenvalue weighted by molar-refractivity contribution is 7.89. The molecule has 2 aromatic carbocycles. The molecule has 7 nitrogen and oxygen atoms in total. The lowest BCUT2D eigenvalue weighted by Gasteiger charge is -2.33. The van der Waals surface area contributed by atoms with E-state index in [1.165, 1.54) is 15.6 Å². The van der Waals surface area contributed by atoms with Gasteiger partial charge in [-0.2, -0.15) is 9.40 Å². The smallest absolute Gasteiger partial charge is 0.264 e. The van der Waals surface area contributed by atoms with E-state index in [2.05, 4.69) is 18.9 Å². The average molecular weight is 543 g/mol. The number of piperazine rings is 1. The molecule has 3 heterocycles. The maximum atomic E-state index is 13.3. The van der Waals surface area contributed by atoms with Crippen LogP contribution in [-0.2, 0) is 10.0 Å². The summed E-state index contributed by atoms with van der Waals surface area (Å²) < 4.78 is 29.6. The summed E-state index contributed by atoms with van der Waals surface area (Å²) in [6.45, 7) is 7.30. The molecule has 0 radical (unpaired) electrons. The number of sulfonamides is 1. The van der Waals surface area contributed by atoms with Gasteiger partial charge in [-0.3, -0.25) is 4.79 Å². The van der Waals surface area contributed by atoms with Crippen LogP contribution in [0.5, 0.6) is 0 Å². The predicted molar refractivity (Wildman–Crippen MR) is 144 cm³/mol. The predicted octanol–water partition coefficient (Wildman–Crippen LogP) is 5.32. The Morgan fingerprint density at radius 1 is 1.00 bits per heavy atom. The van der Waals surface area contributed by atoms with Crippen LogP contribution < -0.4 is 0 Å². The minimum Gasteiger partial charge on any atom is -0.335 e. The molecule has 4 aromatic rings. The number of rotatable bonds is 5. The van der Waals surface area contributed by atoms with E-state index in [4.69, 9.17) is 11.6 Å². The fourth-order valence-electron chi connectivity index (χ4n) is 4.37. The summed E-state index contributed by atoms with van der Waals surface area (Å²) in [5.41, 5.74) is 2.82. The Kier molecular flexibility index (Phi) is 6.67. The topological polar surface area (TPSA) is 75.5 Å². The van der Waals surface area contributed by atoms with Crippen molar-refractivity contribution >= 4 is 49.1 Å². The largest absolute Gasteiger partial charge is 0.335 e. The zero-order chi connectivity index (χ0) is 25.6. The van der Waals surface area contributed by atoms with Gasteiger partial charge in [0.15, 0.2) is 0 Å². The molecule has 0 bridgehead atoms. The van der Waals surface area contributed by atoms with E-state index < -0.39 is 10.0 Å². The van der Waals surface area contributed by atoms with Crippen LogP contribution in [0.4, 0.5) is 0 Å². The van der Waals surface area contributed by atoms with Crippen molar-refractivity contribution in [2.75, 3.05) is 26.2 Å². The lowest BCUT2D eigenvalue weighted by atomic mass is 10.0. The fraction of sp³-hybridized carbons (Fsp3) is 0.308. The van der Waals surface area contributed by atoms with E-state index in [1.807, 2.05) is 54.1 Å². The Balaban J connectivity index is 1.31. The number of thiophene rings is 1. The van der Waals surface area contributed by atoms with E-state index in [-0.39, 0.29) is 19.0 Å². The Labute approximate surface area is 219 Å².